The van der Waals surface area contributed by atoms with Crippen molar-refractivity contribution in [2.75, 3.05) is 20.8 Å². The summed E-state index contributed by atoms with van der Waals surface area (Å²) in [5.41, 5.74) is 0.282. The maximum atomic E-state index is 12.2. The molecular weight excluding hydrogens is 318 g/mol. The van der Waals surface area contributed by atoms with Crippen molar-refractivity contribution in [2.24, 2.45) is 0 Å². The summed E-state index contributed by atoms with van der Waals surface area (Å²) in [6, 6.07) is 3.68. The monoisotopic (exact) mass is 335 g/mol. The van der Waals surface area contributed by atoms with Crippen molar-refractivity contribution in [2.45, 2.75) is 13.0 Å². The third-order valence-corrected chi connectivity index (χ3v) is 3.71. The van der Waals surface area contributed by atoms with Crippen molar-refractivity contribution in [1.29, 1.82) is 0 Å². The quantitative estimate of drug-likeness (QED) is 0.799. The lowest BCUT2D eigenvalue weighted by atomic mass is 9.96. The minimum Gasteiger partial charge on any atom is -0.503 e. The van der Waals surface area contributed by atoms with Crippen LogP contribution in [-0.4, -0.2) is 53.5 Å². The van der Waals surface area contributed by atoms with Crippen molar-refractivity contribution in [3.63, 3.8) is 0 Å². The van der Waals surface area contributed by atoms with Gasteiger partial charge in [-0.3, -0.25) is 14.4 Å². The van der Waals surface area contributed by atoms with E-state index in [1.54, 1.807) is 12.1 Å². The number of carbonyl (C=O) groups is 3. The maximum absolute atomic E-state index is 12.2. The van der Waals surface area contributed by atoms with Crippen molar-refractivity contribution in [3.05, 3.63) is 35.1 Å². The number of hydrogen-bond acceptors (Lipinski definition) is 6. The van der Waals surface area contributed by atoms with Crippen molar-refractivity contribution in [1.82, 2.24) is 4.90 Å². The third kappa shape index (κ3) is 2.90. The molecule has 0 aliphatic carbocycles. The molecule has 2 rings (SSSR count). The zero-order valence-corrected chi connectivity index (χ0v) is 13.4. The van der Waals surface area contributed by atoms with Gasteiger partial charge in [0.25, 0.3) is 5.91 Å². The summed E-state index contributed by atoms with van der Waals surface area (Å²) < 4.78 is 10.3. The number of ketones is 1. The number of Topliss-reactive ketones (excluding diaryl/α,β-unsaturated/α-hetero) is 1. The van der Waals surface area contributed by atoms with Gasteiger partial charge in [-0.05, 0) is 24.6 Å². The first-order valence-corrected chi connectivity index (χ1v) is 7.00. The molecule has 0 aromatic heterocycles. The number of aliphatic hydroxyl groups is 1. The molecule has 1 aromatic rings. The van der Waals surface area contributed by atoms with Gasteiger partial charge in [0.2, 0.25) is 0 Å². The summed E-state index contributed by atoms with van der Waals surface area (Å²) in [4.78, 5) is 36.0. The summed E-state index contributed by atoms with van der Waals surface area (Å²) in [5, 5.41) is 19.0. The molecule has 24 heavy (non-hydrogen) atoms. The Morgan fingerprint density at radius 3 is 2.33 bits per heavy atom. The Bertz CT molecular complexity index is 738. The zero-order valence-electron chi connectivity index (χ0n) is 13.4. The Hall–Kier alpha value is -3.03. The van der Waals surface area contributed by atoms with Gasteiger partial charge in [0.1, 0.15) is 6.54 Å². The van der Waals surface area contributed by atoms with E-state index in [9.17, 15) is 19.5 Å². The van der Waals surface area contributed by atoms with Crippen LogP contribution in [0.5, 0.6) is 11.5 Å². The summed E-state index contributed by atoms with van der Waals surface area (Å²) in [6.45, 7) is 0.551. The number of aliphatic carboxylic acids is 1. The molecule has 0 bridgehead atoms. The van der Waals surface area contributed by atoms with E-state index >= 15 is 0 Å². The van der Waals surface area contributed by atoms with Crippen LogP contribution in [-0.2, 0) is 14.4 Å². The summed E-state index contributed by atoms with van der Waals surface area (Å²) in [7, 11) is 2.88. The SMILES string of the molecule is COc1ccc([C@H]2C(C(C)=O)=C(O)C(=O)N2CC(=O)O)cc1OC. The Kier molecular flexibility index (Phi) is 4.77. The number of amides is 1. The molecule has 1 amide bonds. The fourth-order valence-electron chi connectivity index (χ4n) is 2.69. The minimum atomic E-state index is -1.26. The van der Waals surface area contributed by atoms with Crippen LogP contribution in [0, 0.1) is 0 Å². The second kappa shape index (κ2) is 6.61. The highest BCUT2D eigenvalue weighted by molar-refractivity contribution is 6.08. The van der Waals surface area contributed by atoms with Crippen LogP contribution in [0.2, 0.25) is 0 Å². The molecule has 1 aliphatic heterocycles. The lowest BCUT2D eigenvalue weighted by Gasteiger charge is -2.25. The molecule has 2 N–H and O–H groups in total. The highest BCUT2D eigenvalue weighted by Gasteiger charge is 2.43. The fourth-order valence-corrected chi connectivity index (χ4v) is 2.69. The molecule has 1 aliphatic rings. The fraction of sp³-hybridized carbons (Fsp3) is 0.312. The smallest absolute Gasteiger partial charge is 0.323 e. The average Bonchev–Trinajstić information content (AvgIpc) is 2.78. The van der Waals surface area contributed by atoms with E-state index in [1.807, 2.05) is 0 Å². The molecule has 128 valence electrons. The number of aliphatic hydroxyl groups excluding tert-OH is 1. The summed E-state index contributed by atoms with van der Waals surface area (Å²) in [5.74, 6) is -2.62. The molecule has 1 aromatic carbocycles. The predicted octanol–water partition coefficient (Wildman–Crippen LogP) is 1.07. The van der Waals surface area contributed by atoms with E-state index in [1.165, 1.54) is 27.2 Å². The molecule has 0 saturated heterocycles. The standard InChI is InChI=1S/C16H17NO7/c1-8(18)13-14(17(7-12(19)20)16(22)15(13)21)9-4-5-10(23-2)11(6-9)24-3/h4-6,14,21H,7H2,1-3H3,(H,19,20)/t14-/m0/s1. The van der Waals surface area contributed by atoms with Crippen molar-refractivity contribution >= 4 is 17.7 Å². The Labute approximate surface area is 137 Å². The second-order valence-corrected chi connectivity index (χ2v) is 5.16. The van der Waals surface area contributed by atoms with Gasteiger partial charge in [-0.25, -0.2) is 0 Å². The molecule has 0 saturated carbocycles. The van der Waals surface area contributed by atoms with Gasteiger partial charge in [0, 0.05) is 0 Å². The van der Waals surface area contributed by atoms with Crippen LogP contribution < -0.4 is 9.47 Å². The number of rotatable bonds is 6. The Morgan fingerprint density at radius 2 is 1.83 bits per heavy atom. The maximum Gasteiger partial charge on any atom is 0.323 e. The number of carbonyl (C=O) groups excluding carboxylic acids is 2. The average molecular weight is 335 g/mol. The predicted molar refractivity (Wildman–Crippen MR) is 82.0 cm³/mol. The van der Waals surface area contributed by atoms with Crippen LogP contribution in [0.1, 0.15) is 18.5 Å². The molecule has 0 unspecified atom stereocenters. The first-order chi connectivity index (χ1) is 11.3. The van der Waals surface area contributed by atoms with Gasteiger partial charge in [-0.15, -0.1) is 0 Å². The van der Waals surface area contributed by atoms with Crippen molar-refractivity contribution < 1.29 is 34.1 Å². The van der Waals surface area contributed by atoms with Gasteiger partial charge in [0.05, 0.1) is 25.8 Å². The van der Waals surface area contributed by atoms with Crippen molar-refractivity contribution in [3.8, 4) is 11.5 Å². The number of hydrogen-bond donors (Lipinski definition) is 2. The lowest BCUT2D eigenvalue weighted by Crippen LogP contribution is -2.35. The van der Waals surface area contributed by atoms with E-state index in [0.717, 1.165) is 4.90 Å². The van der Waals surface area contributed by atoms with Gasteiger partial charge < -0.3 is 24.6 Å². The first-order valence-electron chi connectivity index (χ1n) is 7.00. The Morgan fingerprint density at radius 1 is 1.21 bits per heavy atom. The normalized spacial score (nSPS) is 17.2. The van der Waals surface area contributed by atoms with Gasteiger partial charge in [-0.2, -0.15) is 0 Å². The van der Waals surface area contributed by atoms with Crippen LogP contribution >= 0.6 is 0 Å². The van der Waals surface area contributed by atoms with E-state index in [-0.39, 0.29) is 5.57 Å². The topological polar surface area (TPSA) is 113 Å². The summed E-state index contributed by atoms with van der Waals surface area (Å²) >= 11 is 0. The number of nitrogens with zero attached hydrogens (tertiary/aromatic N) is 1. The molecule has 0 radical (unpaired) electrons. The van der Waals surface area contributed by atoms with Gasteiger partial charge in [0.15, 0.2) is 23.0 Å². The van der Waals surface area contributed by atoms with E-state index in [4.69, 9.17) is 14.6 Å². The number of carboxylic acid groups (broad SMARTS) is 1. The molecule has 8 nitrogen and oxygen atoms in total. The Balaban J connectivity index is 2.59. The number of methoxy groups -OCH3 is 2. The van der Waals surface area contributed by atoms with E-state index in [0.29, 0.717) is 17.1 Å². The van der Waals surface area contributed by atoms with E-state index < -0.39 is 36.0 Å². The van der Waals surface area contributed by atoms with Crippen LogP contribution in [0.25, 0.3) is 0 Å². The lowest BCUT2D eigenvalue weighted by molar-refractivity contribution is -0.144. The highest BCUT2D eigenvalue weighted by Crippen LogP contribution is 2.40. The molecular formula is C16H17NO7. The third-order valence-electron chi connectivity index (χ3n) is 3.71. The molecule has 0 spiro atoms. The van der Waals surface area contributed by atoms with Crippen LogP contribution in [0.4, 0.5) is 0 Å². The van der Waals surface area contributed by atoms with Crippen LogP contribution in [0.15, 0.2) is 29.5 Å². The number of carboxylic acids is 1. The van der Waals surface area contributed by atoms with E-state index in [2.05, 4.69) is 0 Å². The minimum absolute atomic E-state index is 0.145. The first kappa shape index (κ1) is 17.3. The highest BCUT2D eigenvalue weighted by atomic mass is 16.5. The molecule has 1 heterocycles. The van der Waals surface area contributed by atoms with Crippen LogP contribution in [0.3, 0.4) is 0 Å². The largest absolute Gasteiger partial charge is 0.503 e. The van der Waals surface area contributed by atoms with Gasteiger partial charge in [-0.1, -0.05) is 6.07 Å². The molecule has 8 heteroatoms. The molecule has 0 fully saturated rings. The molecule has 1 atom stereocenters. The number of benzene rings is 1. The second-order valence-electron chi connectivity index (χ2n) is 5.16. The van der Waals surface area contributed by atoms with Gasteiger partial charge >= 0.3 is 5.97 Å². The number of ether oxygens (including phenoxy) is 2. The zero-order chi connectivity index (χ0) is 18.0. The summed E-state index contributed by atoms with van der Waals surface area (Å²) in [6.07, 6.45) is 0.